The maximum atomic E-state index is 6.30. The van der Waals surface area contributed by atoms with Crippen molar-refractivity contribution < 1.29 is 4.42 Å². The number of hydrogen-bond donors (Lipinski definition) is 0. The van der Waals surface area contributed by atoms with Gasteiger partial charge in [0.25, 0.3) is 0 Å². The second kappa shape index (κ2) is 8.71. The molecule has 0 spiro atoms. The van der Waals surface area contributed by atoms with Crippen LogP contribution < -0.4 is 0 Å². The van der Waals surface area contributed by atoms with Crippen molar-refractivity contribution in [2.24, 2.45) is 0 Å². The Bertz CT molecular complexity index is 2000. The molecular formula is C36H30N2O. The van der Waals surface area contributed by atoms with Crippen molar-refractivity contribution >= 4 is 32.9 Å². The number of aromatic nitrogens is 2. The largest absolute Gasteiger partial charge is 0.423 e. The summed E-state index contributed by atoms with van der Waals surface area (Å²) < 4.78 is 8.46. The number of fused-ring (bicyclic) bond motifs is 4. The Labute approximate surface area is 228 Å². The van der Waals surface area contributed by atoms with E-state index >= 15 is 0 Å². The molecule has 0 radical (unpaired) electrons. The van der Waals surface area contributed by atoms with Gasteiger partial charge >= 0.3 is 6.01 Å². The number of rotatable bonds is 3. The minimum Gasteiger partial charge on any atom is -0.423 e. The van der Waals surface area contributed by atoms with Gasteiger partial charge in [-0.25, -0.2) is 0 Å². The van der Waals surface area contributed by atoms with Crippen molar-refractivity contribution in [3.8, 4) is 28.3 Å². The fourth-order valence-electron chi connectivity index (χ4n) is 6.40. The molecule has 0 aliphatic carbocycles. The van der Waals surface area contributed by atoms with Crippen LogP contribution in [0.3, 0.4) is 0 Å². The van der Waals surface area contributed by atoms with Crippen LogP contribution in [0.25, 0.3) is 61.2 Å². The molecule has 7 aromatic rings. The third-order valence-electron chi connectivity index (χ3n) is 7.97. The molecule has 0 aliphatic rings. The summed E-state index contributed by atoms with van der Waals surface area (Å²) in [5.74, 6) is 0. The number of hydrogen-bond acceptors (Lipinski definition) is 2. The van der Waals surface area contributed by atoms with Crippen LogP contribution in [0.5, 0.6) is 0 Å². The zero-order valence-corrected chi connectivity index (χ0v) is 23.0. The molecule has 3 nitrogen and oxygen atoms in total. The van der Waals surface area contributed by atoms with Crippen molar-refractivity contribution in [2.75, 3.05) is 0 Å². The molecule has 2 heterocycles. The van der Waals surface area contributed by atoms with Gasteiger partial charge < -0.3 is 4.42 Å². The van der Waals surface area contributed by atoms with E-state index in [0.29, 0.717) is 6.01 Å². The summed E-state index contributed by atoms with van der Waals surface area (Å²) in [6.45, 7) is 11.0. The normalized spacial score (nSPS) is 11.7. The lowest BCUT2D eigenvalue weighted by Gasteiger charge is -2.12. The summed E-state index contributed by atoms with van der Waals surface area (Å²) in [5, 5.41) is 2.38. The molecule has 5 aromatic carbocycles. The second-order valence-corrected chi connectivity index (χ2v) is 10.8. The zero-order valence-electron chi connectivity index (χ0n) is 23.0. The molecule has 0 bridgehead atoms. The molecule has 2 aromatic heterocycles. The molecular weight excluding hydrogens is 476 g/mol. The Kier molecular flexibility index (Phi) is 5.24. The first-order chi connectivity index (χ1) is 18.9. The van der Waals surface area contributed by atoms with Crippen molar-refractivity contribution in [1.82, 2.24) is 9.55 Å². The third-order valence-corrected chi connectivity index (χ3v) is 7.97. The quantitative estimate of drug-likeness (QED) is 0.239. The lowest BCUT2D eigenvalue weighted by atomic mass is 9.92. The van der Waals surface area contributed by atoms with E-state index in [-0.39, 0.29) is 0 Å². The monoisotopic (exact) mass is 506 g/mol. The molecule has 0 atom stereocenters. The van der Waals surface area contributed by atoms with Gasteiger partial charge in [0.05, 0.1) is 11.0 Å². The van der Waals surface area contributed by atoms with E-state index in [4.69, 9.17) is 9.40 Å². The van der Waals surface area contributed by atoms with Gasteiger partial charge in [0.1, 0.15) is 5.52 Å². The molecule has 39 heavy (non-hydrogen) atoms. The lowest BCUT2D eigenvalue weighted by Crippen LogP contribution is -1.94. The highest BCUT2D eigenvalue weighted by Crippen LogP contribution is 2.39. The van der Waals surface area contributed by atoms with Gasteiger partial charge in [-0.15, -0.1) is 0 Å². The highest BCUT2D eigenvalue weighted by molar-refractivity contribution is 6.11. The van der Waals surface area contributed by atoms with E-state index in [2.05, 4.69) is 106 Å². The summed E-state index contributed by atoms with van der Waals surface area (Å²) >= 11 is 0. The fourth-order valence-corrected chi connectivity index (χ4v) is 6.40. The first-order valence-corrected chi connectivity index (χ1v) is 13.5. The van der Waals surface area contributed by atoms with Gasteiger partial charge in [-0.2, -0.15) is 4.98 Å². The standard InChI is InChI=1S/C36H30N2O/c1-21-17-24(4)35(25(5)18-21)27-14-16-32-29(20-27)28-19-26(34-22(2)9-8-10-23(34)3)13-15-31(28)38(32)36-37-30-11-6-7-12-33(30)39-36/h6-20H,1-5H3. The highest BCUT2D eigenvalue weighted by atomic mass is 16.4. The van der Waals surface area contributed by atoms with Crippen molar-refractivity contribution in [3.05, 3.63) is 119 Å². The molecule has 0 fully saturated rings. The zero-order chi connectivity index (χ0) is 26.8. The second-order valence-electron chi connectivity index (χ2n) is 10.8. The van der Waals surface area contributed by atoms with Gasteiger partial charge in [-0.05, 0) is 116 Å². The predicted molar refractivity (Wildman–Crippen MR) is 163 cm³/mol. The van der Waals surface area contributed by atoms with Crippen LogP contribution in [0.2, 0.25) is 0 Å². The van der Waals surface area contributed by atoms with Gasteiger partial charge in [0, 0.05) is 10.8 Å². The van der Waals surface area contributed by atoms with Crippen molar-refractivity contribution in [3.63, 3.8) is 0 Å². The van der Waals surface area contributed by atoms with E-state index in [1.807, 2.05) is 24.3 Å². The Balaban J connectivity index is 1.56. The Hall–Kier alpha value is -4.63. The van der Waals surface area contributed by atoms with Crippen LogP contribution in [0.1, 0.15) is 27.8 Å². The van der Waals surface area contributed by atoms with Crippen LogP contribution in [0.15, 0.2) is 95.4 Å². The third kappa shape index (κ3) is 3.69. The molecule has 0 saturated heterocycles. The fraction of sp³-hybridized carbons (Fsp3) is 0.139. The van der Waals surface area contributed by atoms with Gasteiger partial charge in [-0.3, -0.25) is 4.57 Å². The van der Waals surface area contributed by atoms with Gasteiger partial charge in [0.2, 0.25) is 0 Å². The van der Waals surface area contributed by atoms with Crippen molar-refractivity contribution in [1.29, 1.82) is 0 Å². The van der Waals surface area contributed by atoms with Crippen LogP contribution in [-0.4, -0.2) is 9.55 Å². The molecule has 0 saturated carbocycles. The van der Waals surface area contributed by atoms with E-state index in [9.17, 15) is 0 Å². The smallest absolute Gasteiger partial charge is 0.307 e. The van der Waals surface area contributed by atoms with Crippen LogP contribution in [0.4, 0.5) is 0 Å². The Morgan fingerprint density at radius 3 is 1.72 bits per heavy atom. The van der Waals surface area contributed by atoms with Gasteiger partial charge in [0.15, 0.2) is 5.58 Å². The predicted octanol–water partition coefficient (Wildman–Crippen LogP) is 9.80. The topological polar surface area (TPSA) is 31.0 Å². The summed E-state index contributed by atoms with van der Waals surface area (Å²) in [6, 6.07) is 33.2. The van der Waals surface area contributed by atoms with E-state index in [1.54, 1.807) is 0 Å². The molecule has 0 aliphatic heterocycles. The molecule has 190 valence electrons. The average Bonchev–Trinajstić information content (AvgIpc) is 3.46. The van der Waals surface area contributed by atoms with E-state index in [1.165, 1.54) is 60.8 Å². The molecule has 0 N–H and O–H groups in total. The molecule has 3 heteroatoms. The SMILES string of the molecule is Cc1cc(C)c(-c2ccc3c(c2)c2cc(-c4c(C)cccc4C)ccc2n3-c2nc3ccccc3o2)c(C)c1. The lowest BCUT2D eigenvalue weighted by molar-refractivity contribution is 0.574. The number of oxazole rings is 1. The average molecular weight is 507 g/mol. The minimum atomic E-state index is 0.589. The number of benzene rings is 5. The summed E-state index contributed by atoms with van der Waals surface area (Å²) in [4.78, 5) is 4.88. The molecule has 0 unspecified atom stereocenters. The number of nitrogens with zero attached hydrogens (tertiary/aromatic N) is 2. The van der Waals surface area contributed by atoms with Crippen LogP contribution in [0, 0.1) is 34.6 Å². The van der Waals surface area contributed by atoms with E-state index < -0.39 is 0 Å². The van der Waals surface area contributed by atoms with Crippen LogP contribution in [-0.2, 0) is 0 Å². The van der Waals surface area contributed by atoms with Gasteiger partial charge in [-0.1, -0.05) is 60.2 Å². The number of aryl methyl sites for hydroxylation is 5. The number of para-hydroxylation sites is 2. The summed E-state index contributed by atoms with van der Waals surface area (Å²) in [7, 11) is 0. The Morgan fingerprint density at radius 1 is 0.564 bits per heavy atom. The van der Waals surface area contributed by atoms with Crippen LogP contribution >= 0.6 is 0 Å². The first kappa shape index (κ1) is 23.5. The van der Waals surface area contributed by atoms with E-state index in [0.717, 1.165) is 22.1 Å². The Morgan fingerprint density at radius 2 is 1.13 bits per heavy atom. The highest BCUT2D eigenvalue weighted by Gasteiger charge is 2.19. The molecule has 7 rings (SSSR count). The maximum Gasteiger partial charge on any atom is 0.307 e. The molecule has 0 amide bonds. The maximum absolute atomic E-state index is 6.30. The summed E-state index contributed by atoms with van der Waals surface area (Å²) in [5.41, 5.74) is 15.3. The minimum absolute atomic E-state index is 0.589. The summed E-state index contributed by atoms with van der Waals surface area (Å²) in [6.07, 6.45) is 0. The van der Waals surface area contributed by atoms with Crippen molar-refractivity contribution in [2.45, 2.75) is 34.6 Å². The first-order valence-electron chi connectivity index (χ1n) is 13.5.